The lowest BCUT2D eigenvalue weighted by Gasteiger charge is -2.39. The van der Waals surface area contributed by atoms with Crippen molar-refractivity contribution < 1.29 is 22.2 Å². The molecule has 0 atom stereocenters. The number of rotatable bonds is 5. The summed E-state index contributed by atoms with van der Waals surface area (Å²) in [5, 5.41) is 0. The first-order chi connectivity index (χ1) is 10.5. The summed E-state index contributed by atoms with van der Waals surface area (Å²) in [4.78, 5) is 0. The van der Waals surface area contributed by atoms with Gasteiger partial charge in [-0.25, -0.2) is 0 Å². The van der Waals surface area contributed by atoms with Crippen LogP contribution >= 0.6 is 0 Å². The SMILES string of the molecule is O=S(=O)(O)CCC[N+]1(CC#Cc2ccccc2)CCOCC1. The summed E-state index contributed by atoms with van der Waals surface area (Å²) >= 11 is 0. The Labute approximate surface area is 132 Å². The topological polar surface area (TPSA) is 63.6 Å². The summed E-state index contributed by atoms with van der Waals surface area (Å²) in [5.74, 6) is 6.17. The Bertz CT molecular complexity index is 625. The van der Waals surface area contributed by atoms with Crippen LogP contribution in [0, 0.1) is 11.8 Å². The summed E-state index contributed by atoms with van der Waals surface area (Å²) in [5.41, 5.74) is 0.979. The molecule has 1 aliphatic heterocycles. The molecule has 2 rings (SSSR count). The first-order valence-corrected chi connectivity index (χ1v) is 9.02. The van der Waals surface area contributed by atoms with Gasteiger partial charge in [0.25, 0.3) is 10.1 Å². The maximum absolute atomic E-state index is 10.9. The molecule has 0 saturated carbocycles. The van der Waals surface area contributed by atoms with Gasteiger partial charge in [-0.05, 0) is 18.1 Å². The number of hydrogen-bond acceptors (Lipinski definition) is 3. The summed E-state index contributed by atoms with van der Waals surface area (Å²) in [6.07, 6.45) is 0.436. The average molecular weight is 324 g/mol. The second-order valence-corrected chi connectivity index (χ2v) is 7.16. The fourth-order valence-corrected chi connectivity index (χ4v) is 3.10. The van der Waals surface area contributed by atoms with Crippen molar-refractivity contribution in [3.05, 3.63) is 35.9 Å². The summed E-state index contributed by atoms with van der Waals surface area (Å²) in [6, 6.07) is 9.80. The van der Waals surface area contributed by atoms with Crippen molar-refractivity contribution >= 4 is 10.1 Å². The lowest BCUT2D eigenvalue weighted by molar-refractivity contribution is -0.928. The average Bonchev–Trinajstić information content (AvgIpc) is 2.48. The molecule has 0 radical (unpaired) electrons. The monoisotopic (exact) mass is 324 g/mol. The van der Waals surface area contributed by atoms with Crippen LogP contribution < -0.4 is 0 Å². The zero-order valence-electron chi connectivity index (χ0n) is 12.6. The van der Waals surface area contributed by atoms with Crippen molar-refractivity contribution in [3.8, 4) is 11.8 Å². The van der Waals surface area contributed by atoms with E-state index in [9.17, 15) is 8.42 Å². The molecule has 22 heavy (non-hydrogen) atoms. The zero-order valence-corrected chi connectivity index (χ0v) is 13.4. The molecule has 1 aromatic carbocycles. The zero-order chi connectivity index (χ0) is 15.9. The molecule has 1 N–H and O–H groups in total. The van der Waals surface area contributed by atoms with Crippen LogP contribution in [-0.4, -0.2) is 62.6 Å². The Morgan fingerprint density at radius 3 is 2.50 bits per heavy atom. The Balaban J connectivity index is 1.98. The predicted molar refractivity (Wildman–Crippen MR) is 84.9 cm³/mol. The van der Waals surface area contributed by atoms with Crippen LogP contribution in [0.25, 0.3) is 0 Å². The molecule has 5 nitrogen and oxygen atoms in total. The fourth-order valence-electron chi connectivity index (χ4n) is 2.60. The van der Waals surface area contributed by atoms with E-state index in [1.807, 2.05) is 30.3 Å². The number of benzene rings is 1. The maximum Gasteiger partial charge on any atom is 0.265 e. The third-order valence-electron chi connectivity index (χ3n) is 3.88. The van der Waals surface area contributed by atoms with Gasteiger partial charge in [0.2, 0.25) is 0 Å². The molecule has 120 valence electrons. The highest BCUT2D eigenvalue weighted by Crippen LogP contribution is 2.12. The van der Waals surface area contributed by atoms with E-state index in [-0.39, 0.29) is 5.75 Å². The van der Waals surface area contributed by atoms with Crippen molar-refractivity contribution in [2.75, 3.05) is 45.1 Å². The molecule has 0 spiro atoms. The number of nitrogens with zero attached hydrogens (tertiary/aromatic N) is 1. The van der Waals surface area contributed by atoms with E-state index in [4.69, 9.17) is 9.29 Å². The quantitative estimate of drug-likeness (QED) is 0.502. The Hall–Kier alpha value is -1.39. The van der Waals surface area contributed by atoms with Gasteiger partial charge in [-0.2, -0.15) is 8.42 Å². The third kappa shape index (κ3) is 5.78. The first kappa shape index (κ1) is 17.0. The summed E-state index contributed by atoms with van der Waals surface area (Å²) < 4.78 is 36.7. The van der Waals surface area contributed by atoms with Crippen LogP contribution in [0.2, 0.25) is 0 Å². The van der Waals surface area contributed by atoms with Crippen LogP contribution in [0.5, 0.6) is 0 Å². The molecule has 0 bridgehead atoms. The molecule has 0 amide bonds. The highest BCUT2D eigenvalue weighted by atomic mass is 32.2. The van der Waals surface area contributed by atoms with Crippen molar-refractivity contribution in [1.82, 2.24) is 0 Å². The normalized spacial score (nSPS) is 17.5. The second kappa shape index (κ2) is 7.75. The highest BCUT2D eigenvalue weighted by molar-refractivity contribution is 7.85. The van der Waals surface area contributed by atoms with E-state index >= 15 is 0 Å². The van der Waals surface area contributed by atoms with Gasteiger partial charge in [-0.1, -0.05) is 24.1 Å². The molecule has 1 aromatic rings. The van der Waals surface area contributed by atoms with Crippen LogP contribution in [-0.2, 0) is 14.9 Å². The van der Waals surface area contributed by atoms with Gasteiger partial charge in [-0.3, -0.25) is 4.55 Å². The van der Waals surface area contributed by atoms with E-state index in [2.05, 4.69) is 11.8 Å². The van der Waals surface area contributed by atoms with Crippen molar-refractivity contribution in [2.45, 2.75) is 6.42 Å². The fraction of sp³-hybridized carbons (Fsp3) is 0.500. The lowest BCUT2D eigenvalue weighted by Crippen LogP contribution is -2.56. The molecule has 0 aromatic heterocycles. The molecule has 1 aliphatic rings. The smallest absolute Gasteiger partial charge is 0.265 e. The van der Waals surface area contributed by atoms with Gasteiger partial charge in [0, 0.05) is 12.0 Å². The molecular formula is C16H22NO4S+. The van der Waals surface area contributed by atoms with Gasteiger partial charge in [-0.15, -0.1) is 0 Å². The first-order valence-electron chi connectivity index (χ1n) is 7.41. The van der Waals surface area contributed by atoms with E-state index in [1.165, 1.54) is 0 Å². The highest BCUT2D eigenvalue weighted by Gasteiger charge is 2.29. The lowest BCUT2D eigenvalue weighted by atomic mass is 10.2. The Kier molecular flexibility index (Phi) is 5.98. The van der Waals surface area contributed by atoms with Gasteiger partial charge in [0.1, 0.15) is 19.6 Å². The van der Waals surface area contributed by atoms with Crippen LogP contribution in [0.3, 0.4) is 0 Å². The van der Waals surface area contributed by atoms with Gasteiger partial charge in [0.05, 0.1) is 25.5 Å². The van der Waals surface area contributed by atoms with E-state index in [0.717, 1.165) is 23.1 Å². The minimum Gasteiger partial charge on any atom is -0.370 e. The molecule has 6 heteroatoms. The minimum atomic E-state index is -3.89. The number of hydrogen-bond donors (Lipinski definition) is 1. The summed E-state index contributed by atoms with van der Waals surface area (Å²) in [7, 11) is -3.89. The van der Waals surface area contributed by atoms with Crippen LogP contribution in [0.4, 0.5) is 0 Å². The van der Waals surface area contributed by atoms with E-state index in [1.54, 1.807) is 0 Å². The van der Waals surface area contributed by atoms with Crippen LogP contribution in [0.15, 0.2) is 30.3 Å². The largest absolute Gasteiger partial charge is 0.370 e. The van der Waals surface area contributed by atoms with Gasteiger partial charge in [0.15, 0.2) is 0 Å². The molecule has 1 heterocycles. The molecule has 1 saturated heterocycles. The van der Waals surface area contributed by atoms with Gasteiger partial charge >= 0.3 is 0 Å². The predicted octanol–water partition coefficient (Wildman–Crippen LogP) is 1.16. The van der Waals surface area contributed by atoms with Gasteiger partial charge < -0.3 is 9.22 Å². The molecule has 0 aliphatic carbocycles. The number of morpholine rings is 1. The van der Waals surface area contributed by atoms with E-state index in [0.29, 0.717) is 32.7 Å². The third-order valence-corrected chi connectivity index (χ3v) is 4.68. The standard InChI is InChI=1S/C16H21NO4S/c18-22(19,20)15-5-10-17(11-13-21-14-12-17)9-4-8-16-6-2-1-3-7-16/h1-3,6-7H,5,9-15H2/p+1. The molecule has 1 fully saturated rings. The van der Waals surface area contributed by atoms with E-state index < -0.39 is 10.1 Å². The van der Waals surface area contributed by atoms with Crippen molar-refractivity contribution in [2.24, 2.45) is 0 Å². The van der Waals surface area contributed by atoms with Crippen molar-refractivity contribution in [1.29, 1.82) is 0 Å². The Morgan fingerprint density at radius 2 is 1.86 bits per heavy atom. The van der Waals surface area contributed by atoms with Crippen LogP contribution in [0.1, 0.15) is 12.0 Å². The molecular weight excluding hydrogens is 302 g/mol. The second-order valence-electron chi connectivity index (χ2n) is 5.59. The summed E-state index contributed by atoms with van der Waals surface area (Å²) in [6.45, 7) is 4.35. The molecule has 0 unspecified atom stereocenters. The van der Waals surface area contributed by atoms with Crippen molar-refractivity contribution in [3.63, 3.8) is 0 Å². The maximum atomic E-state index is 10.9. The number of ether oxygens (including phenoxy) is 1. The minimum absolute atomic E-state index is 0.194. The number of quaternary nitrogens is 1. The Morgan fingerprint density at radius 1 is 1.18 bits per heavy atom.